The zero-order chi connectivity index (χ0) is 6.97. The standard InChI is InChI=1S/C8H4BrS/c9-8-5-6-3-1-2-4-7(6)10-8/h1-2,4-5H. The van der Waals surface area contributed by atoms with Gasteiger partial charge in [-0.3, -0.25) is 0 Å². The quantitative estimate of drug-likeness (QED) is 0.627. The van der Waals surface area contributed by atoms with Crippen LogP contribution >= 0.6 is 27.3 Å². The summed E-state index contributed by atoms with van der Waals surface area (Å²) in [5.74, 6) is 0. The van der Waals surface area contributed by atoms with Crippen LogP contribution in [0.25, 0.3) is 10.1 Å². The van der Waals surface area contributed by atoms with Gasteiger partial charge in [0, 0.05) is 10.1 Å². The predicted octanol–water partition coefficient (Wildman–Crippen LogP) is 3.46. The zero-order valence-electron chi connectivity index (χ0n) is 5.10. The molecule has 1 radical (unpaired) electrons. The summed E-state index contributed by atoms with van der Waals surface area (Å²) in [5, 5.41) is 1.19. The first-order valence-corrected chi connectivity index (χ1v) is 4.53. The molecule has 0 amide bonds. The molecule has 0 aliphatic carbocycles. The first-order valence-electron chi connectivity index (χ1n) is 2.92. The monoisotopic (exact) mass is 211 g/mol. The topological polar surface area (TPSA) is 0 Å². The molecule has 0 fully saturated rings. The Bertz CT molecular complexity index is 318. The van der Waals surface area contributed by atoms with Crippen LogP contribution in [0.4, 0.5) is 0 Å². The van der Waals surface area contributed by atoms with Crippen molar-refractivity contribution in [3.8, 4) is 0 Å². The van der Waals surface area contributed by atoms with Crippen molar-refractivity contribution in [3.05, 3.63) is 34.1 Å². The zero-order valence-corrected chi connectivity index (χ0v) is 7.50. The number of benzene rings is 1. The lowest BCUT2D eigenvalue weighted by molar-refractivity contribution is 1.83. The van der Waals surface area contributed by atoms with E-state index in [9.17, 15) is 0 Å². The third-order valence-corrected chi connectivity index (χ3v) is 2.92. The Balaban J connectivity index is 2.88. The number of fused-ring (bicyclic) bond motifs is 1. The summed E-state index contributed by atoms with van der Waals surface area (Å²) < 4.78 is 2.46. The normalized spacial score (nSPS) is 10.5. The van der Waals surface area contributed by atoms with E-state index in [1.807, 2.05) is 12.1 Å². The Morgan fingerprint density at radius 2 is 2.40 bits per heavy atom. The van der Waals surface area contributed by atoms with Crippen molar-refractivity contribution < 1.29 is 0 Å². The molecule has 2 heteroatoms. The van der Waals surface area contributed by atoms with Gasteiger partial charge in [-0.05, 0) is 34.1 Å². The fourth-order valence-corrected chi connectivity index (χ4v) is 2.40. The van der Waals surface area contributed by atoms with Gasteiger partial charge in [-0.1, -0.05) is 12.1 Å². The summed E-state index contributed by atoms with van der Waals surface area (Å²) in [4.78, 5) is 0. The van der Waals surface area contributed by atoms with E-state index in [1.54, 1.807) is 11.3 Å². The van der Waals surface area contributed by atoms with E-state index >= 15 is 0 Å². The molecular formula is C8H4BrS. The highest BCUT2D eigenvalue weighted by Crippen LogP contribution is 2.28. The van der Waals surface area contributed by atoms with E-state index in [0.29, 0.717) is 0 Å². The Morgan fingerprint density at radius 1 is 1.50 bits per heavy atom. The molecule has 0 N–H and O–H groups in total. The van der Waals surface area contributed by atoms with Crippen LogP contribution in [0.5, 0.6) is 0 Å². The minimum atomic E-state index is 1.17. The number of hydrogen-bond donors (Lipinski definition) is 0. The molecular weight excluding hydrogens is 208 g/mol. The average molecular weight is 212 g/mol. The van der Waals surface area contributed by atoms with Crippen molar-refractivity contribution in [3.63, 3.8) is 0 Å². The second-order valence-electron chi connectivity index (χ2n) is 2.00. The van der Waals surface area contributed by atoms with Gasteiger partial charge in [-0.15, -0.1) is 11.3 Å². The Labute approximate surface area is 71.6 Å². The van der Waals surface area contributed by atoms with Crippen LogP contribution in [0.15, 0.2) is 28.1 Å². The molecule has 0 spiro atoms. The van der Waals surface area contributed by atoms with E-state index < -0.39 is 0 Å². The van der Waals surface area contributed by atoms with Crippen LogP contribution in [0, 0.1) is 6.07 Å². The van der Waals surface area contributed by atoms with Crippen molar-refractivity contribution in [2.45, 2.75) is 0 Å². The third-order valence-electron chi connectivity index (χ3n) is 1.31. The first-order chi connectivity index (χ1) is 4.86. The van der Waals surface area contributed by atoms with E-state index in [0.717, 1.165) is 0 Å². The molecule has 0 aliphatic heterocycles. The summed E-state index contributed by atoms with van der Waals surface area (Å²) in [6.07, 6.45) is 0. The van der Waals surface area contributed by atoms with Gasteiger partial charge in [0.05, 0.1) is 3.79 Å². The van der Waals surface area contributed by atoms with E-state index in [1.165, 1.54) is 13.9 Å². The van der Waals surface area contributed by atoms with Gasteiger partial charge in [0.1, 0.15) is 0 Å². The summed E-state index contributed by atoms with van der Waals surface area (Å²) in [6.45, 7) is 0. The highest BCUT2D eigenvalue weighted by atomic mass is 79.9. The van der Waals surface area contributed by atoms with Gasteiger partial charge < -0.3 is 0 Å². The first kappa shape index (κ1) is 6.38. The van der Waals surface area contributed by atoms with Crippen LogP contribution in [-0.4, -0.2) is 0 Å². The minimum absolute atomic E-state index is 1.17. The van der Waals surface area contributed by atoms with Crippen molar-refractivity contribution >= 4 is 37.4 Å². The molecule has 1 heterocycles. The lowest BCUT2D eigenvalue weighted by Crippen LogP contribution is -1.57. The number of thiophene rings is 1. The highest BCUT2D eigenvalue weighted by Gasteiger charge is 1.95. The lowest BCUT2D eigenvalue weighted by Gasteiger charge is -1.81. The molecule has 2 aromatic rings. The smallest absolute Gasteiger partial charge is 0.0711 e. The van der Waals surface area contributed by atoms with Gasteiger partial charge in [-0.25, -0.2) is 0 Å². The molecule has 1 aromatic heterocycles. The van der Waals surface area contributed by atoms with Gasteiger partial charge in [0.2, 0.25) is 0 Å². The number of rotatable bonds is 0. The largest absolute Gasteiger partial charge is 0.128 e. The molecule has 0 saturated heterocycles. The fourth-order valence-electron chi connectivity index (χ4n) is 0.884. The molecule has 0 atom stereocenters. The Kier molecular flexibility index (Phi) is 1.51. The van der Waals surface area contributed by atoms with Crippen LogP contribution in [0.2, 0.25) is 0 Å². The van der Waals surface area contributed by atoms with Gasteiger partial charge >= 0.3 is 0 Å². The van der Waals surface area contributed by atoms with Crippen molar-refractivity contribution in [2.75, 3.05) is 0 Å². The van der Waals surface area contributed by atoms with E-state index in [4.69, 9.17) is 0 Å². The summed E-state index contributed by atoms with van der Waals surface area (Å²) in [5.41, 5.74) is 0. The van der Waals surface area contributed by atoms with Crippen LogP contribution in [0.3, 0.4) is 0 Å². The van der Waals surface area contributed by atoms with Crippen molar-refractivity contribution in [2.24, 2.45) is 0 Å². The van der Waals surface area contributed by atoms with Gasteiger partial charge in [0.25, 0.3) is 0 Å². The molecule has 0 aliphatic rings. The maximum absolute atomic E-state index is 3.42. The molecule has 1 aromatic carbocycles. The van der Waals surface area contributed by atoms with Crippen molar-refractivity contribution in [1.82, 2.24) is 0 Å². The molecule has 2 rings (SSSR count). The maximum Gasteiger partial charge on any atom is 0.0711 e. The van der Waals surface area contributed by atoms with Crippen LogP contribution in [-0.2, 0) is 0 Å². The summed E-state index contributed by atoms with van der Waals surface area (Å²) in [7, 11) is 0. The Hall–Kier alpha value is -0.340. The number of hydrogen-bond acceptors (Lipinski definition) is 1. The van der Waals surface area contributed by atoms with Gasteiger partial charge in [0.15, 0.2) is 0 Å². The Morgan fingerprint density at radius 3 is 3.20 bits per heavy atom. The molecule has 0 bridgehead atoms. The summed E-state index contributed by atoms with van der Waals surface area (Å²) >= 11 is 5.16. The molecule has 0 unspecified atom stereocenters. The summed E-state index contributed by atoms with van der Waals surface area (Å²) in [6, 6.07) is 11.3. The van der Waals surface area contributed by atoms with Gasteiger partial charge in [-0.2, -0.15) is 0 Å². The minimum Gasteiger partial charge on any atom is -0.128 e. The van der Waals surface area contributed by atoms with E-state index in [-0.39, 0.29) is 0 Å². The molecule has 0 saturated carbocycles. The third kappa shape index (κ3) is 0.976. The molecule has 49 valence electrons. The molecule has 0 nitrogen and oxygen atoms in total. The highest BCUT2D eigenvalue weighted by molar-refractivity contribution is 9.11. The number of halogens is 1. The van der Waals surface area contributed by atoms with E-state index in [2.05, 4.69) is 34.1 Å². The SMILES string of the molecule is Brc1cc2[c]cccc2s1. The van der Waals surface area contributed by atoms with Crippen LogP contribution < -0.4 is 0 Å². The fraction of sp³-hybridized carbons (Fsp3) is 0. The van der Waals surface area contributed by atoms with Crippen LogP contribution in [0.1, 0.15) is 0 Å². The average Bonchev–Trinajstić information content (AvgIpc) is 2.27. The second kappa shape index (κ2) is 2.36. The predicted molar refractivity (Wildman–Crippen MR) is 48.4 cm³/mol. The lowest BCUT2D eigenvalue weighted by atomic mass is 10.3. The maximum atomic E-state index is 3.42. The van der Waals surface area contributed by atoms with Crippen molar-refractivity contribution in [1.29, 1.82) is 0 Å². The molecule has 10 heavy (non-hydrogen) atoms. The second-order valence-corrected chi connectivity index (χ2v) is 4.46.